The van der Waals surface area contributed by atoms with Crippen LogP contribution in [0.25, 0.3) is 10.4 Å². The lowest BCUT2D eigenvalue weighted by molar-refractivity contribution is 0.847. The first kappa shape index (κ1) is 10.1. The van der Waals surface area contributed by atoms with Crippen LogP contribution in [0.15, 0.2) is 29.4 Å². The molecule has 0 saturated carbocycles. The van der Waals surface area contributed by atoms with E-state index >= 15 is 0 Å². The van der Waals surface area contributed by atoms with E-state index in [-0.39, 0.29) is 12.5 Å². The maximum absolute atomic E-state index is 8.90. The Balaban J connectivity index is 2.96. The lowest BCUT2D eigenvalue weighted by atomic mass is 9.96. The van der Waals surface area contributed by atoms with Crippen molar-refractivity contribution < 1.29 is 0 Å². The first-order valence-corrected chi connectivity index (χ1v) is 4.25. The minimum Gasteiger partial charge on any atom is -0.198 e. The fourth-order valence-corrected chi connectivity index (χ4v) is 1.30. The van der Waals surface area contributed by atoms with Crippen LogP contribution in [0.5, 0.6) is 0 Å². The van der Waals surface area contributed by atoms with Crippen LogP contribution < -0.4 is 0 Å². The van der Waals surface area contributed by atoms with Gasteiger partial charge in [-0.2, -0.15) is 5.26 Å². The van der Waals surface area contributed by atoms with Crippen LogP contribution >= 0.6 is 0 Å². The molecule has 0 fully saturated rings. The van der Waals surface area contributed by atoms with Crippen molar-refractivity contribution in [1.29, 1.82) is 5.26 Å². The van der Waals surface area contributed by atoms with Gasteiger partial charge >= 0.3 is 0 Å². The molecule has 0 radical (unpaired) electrons. The van der Waals surface area contributed by atoms with E-state index in [0.29, 0.717) is 0 Å². The lowest BCUT2D eigenvalue weighted by Gasteiger charge is -2.08. The third kappa shape index (κ3) is 2.25. The first-order valence-electron chi connectivity index (χ1n) is 4.25. The maximum Gasteiger partial charge on any atom is 0.0771 e. The molecule has 4 nitrogen and oxygen atoms in total. The number of hydrogen-bond acceptors (Lipinski definition) is 2. The maximum atomic E-state index is 8.90. The highest BCUT2D eigenvalue weighted by atomic mass is 15.1. The van der Waals surface area contributed by atoms with Gasteiger partial charge in [0.15, 0.2) is 0 Å². The van der Waals surface area contributed by atoms with Crippen molar-refractivity contribution >= 4 is 0 Å². The summed E-state index contributed by atoms with van der Waals surface area (Å²) in [6, 6.07) is 9.75. The van der Waals surface area contributed by atoms with E-state index in [9.17, 15) is 0 Å². The molecule has 0 saturated heterocycles. The fraction of sp³-hybridized carbons (Fsp3) is 0.300. The van der Waals surface area contributed by atoms with Gasteiger partial charge in [0, 0.05) is 11.5 Å². The minimum atomic E-state index is -0.341. The Morgan fingerprint density at radius 1 is 1.57 bits per heavy atom. The third-order valence-corrected chi connectivity index (χ3v) is 2.05. The summed E-state index contributed by atoms with van der Waals surface area (Å²) in [5.41, 5.74) is 10.2. The van der Waals surface area contributed by atoms with Crippen molar-refractivity contribution in [2.24, 2.45) is 5.11 Å². The normalized spacial score (nSPS) is 11.1. The van der Waals surface area contributed by atoms with Gasteiger partial charge in [0.1, 0.15) is 0 Å². The van der Waals surface area contributed by atoms with Gasteiger partial charge in [0.2, 0.25) is 0 Å². The molecule has 0 aliphatic heterocycles. The lowest BCUT2D eigenvalue weighted by Crippen LogP contribution is -2.01. The summed E-state index contributed by atoms with van der Waals surface area (Å²) in [5.74, 6) is -0.341. The van der Waals surface area contributed by atoms with Crippen molar-refractivity contribution in [3.8, 4) is 6.07 Å². The monoisotopic (exact) mass is 186 g/mol. The largest absolute Gasteiger partial charge is 0.198 e. The van der Waals surface area contributed by atoms with E-state index in [4.69, 9.17) is 10.8 Å². The summed E-state index contributed by atoms with van der Waals surface area (Å²) < 4.78 is 0. The van der Waals surface area contributed by atoms with Gasteiger partial charge in [-0.05, 0) is 23.6 Å². The molecular weight excluding hydrogens is 176 g/mol. The topological polar surface area (TPSA) is 72.5 Å². The highest BCUT2D eigenvalue weighted by Gasteiger charge is 2.10. The summed E-state index contributed by atoms with van der Waals surface area (Å²) in [6.07, 6.45) is 0. The summed E-state index contributed by atoms with van der Waals surface area (Å²) in [5, 5.41) is 12.3. The molecule has 0 amide bonds. The Bertz CT molecular complexity index is 399. The summed E-state index contributed by atoms with van der Waals surface area (Å²) in [4.78, 5) is 2.65. The van der Waals surface area contributed by atoms with Crippen LogP contribution in [0, 0.1) is 18.3 Å². The SMILES string of the molecule is Cc1ccccc1[C@H](C#N)CN=[N+]=[N-]. The highest BCUT2D eigenvalue weighted by molar-refractivity contribution is 5.33. The molecular formula is C10H10N4. The number of azide groups is 1. The second kappa shape index (κ2) is 4.90. The number of nitriles is 1. The zero-order valence-electron chi connectivity index (χ0n) is 7.88. The van der Waals surface area contributed by atoms with Crippen LogP contribution in [0.2, 0.25) is 0 Å². The molecule has 4 heteroatoms. The Morgan fingerprint density at radius 2 is 2.29 bits per heavy atom. The molecule has 1 aromatic carbocycles. The van der Waals surface area contributed by atoms with E-state index in [0.717, 1.165) is 11.1 Å². The number of rotatable bonds is 3. The van der Waals surface area contributed by atoms with Crippen LogP contribution in [-0.4, -0.2) is 6.54 Å². The van der Waals surface area contributed by atoms with Crippen LogP contribution in [-0.2, 0) is 0 Å². The number of benzene rings is 1. The van der Waals surface area contributed by atoms with Crippen molar-refractivity contribution in [1.82, 2.24) is 0 Å². The Morgan fingerprint density at radius 3 is 2.86 bits per heavy atom. The quantitative estimate of drug-likeness (QED) is 0.406. The van der Waals surface area contributed by atoms with E-state index in [1.165, 1.54) is 0 Å². The molecule has 0 aliphatic carbocycles. The van der Waals surface area contributed by atoms with Crippen LogP contribution in [0.1, 0.15) is 17.0 Å². The standard InChI is InChI=1S/C10H10N4/c1-8-4-2-3-5-10(8)9(6-11)7-13-14-12/h2-5,9H,7H2,1H3/t9-/m1/s1. The minimum absolute atomic E-state index is 0.192. The number of nitrogens with zero attached hydrogens (tertiary/aromatic N) is 4. The van der Waals surface area contributed by atoms with E-state index in [2.05, 4.69) is 16.1 Å². The summed E-state index contributed by atoms with van der Waals surface area (Å²) in [7, 11) is 0. The zero-order chi connectivity index (χ0) is 10.4. The molecule has 0 unspecified atom stereocenters. The average Bonchev–Trinajstić information content (AvgIpc) is 2.21. The van der Waals surface area contributed by atoms with E-state index in [1.54, 1.807) is 0 Å². The van der Waals surface area contributed by atoms with Gasteiger partial charge in [0.05, 0.1) is 12.0 Å². The molecule has 0 aliphatic rings. The van der Waals surface area contributed by atoms with Crippen molar-refractivity contribution in [3.63, 3.8) is 0 Å². The van der Waals surface area contributed by atoms with Gasteiger partial charge in [-0.15, -0.1) is 0 Å². The molecule has 0 N–H and O–H groups in total. The van der Waals surface area contributed by atoms with Gasteiger partial charge in [0.25, 0.3) is 0 Å². The van der Waals surface area contributed by atoms with Crippen molar-refractivity contribution in [3.05, 3.63) is 45.8 Å². The van der Waals surface area contributed by atoms with E-state index in [1.807, 2.05) is 31.2 Å². The molecule has 70 valence electrons. The Hall–Kier alpha value is -1.98. The van der Waals surface area contributed by atoms with Gasteiger partial charge < -0.3 is 0 Å². The van der Waals surface area contributed by atoms with E-state index < -0.39 is 0 Å². The van der Waals surface area contributed by atoms with Gasteiger partial charge in [-0.25, -0.2) is 0 Å². The Labute approximate surface area is 82.4 Å². The fourth-order valence-electron chi connectivity index (χ4n) is 1.30. The molecule has 0 aromatic heterocycles. The molecule has 1 rings (SSSR count). The predicted octanol–water partition coefficient (Wildman–Crippen LogP) is 2.91. The summed E-state index contributed by atoms with van der Waals surface area (Å²) >= 11 is 0. The third-order valence-electron chi connectivity index (χ3n) is 2.05. The second-order valence-electron chi connectivity index (χ2n) is 2.95. The van der Waals surface area contributed by atoms with Gasteiger partial charge in [-0.1, -0.05) is 29.4 Å². The number of hydrogen-bond donors (Lipinski definition) is 0. The molecule has 0 spiro atoms. The van der Waals surface area contributed by atoms with Crippen LogP contribution in [0.4, 0.5) is 0 Å². The highest BCUT2D eigenvalue weighted by Crippen LogP contribution is 2.19. The predicted molar refractivity (Wildman–Crippen MR) is 53.5 cm³/mol. The molecule has 0 heterocycles. The molecule has 0 bridgehead atoms. The van der Waals surface area contributed by atoms with Gasteiger partial charge in [-0.3, -0.25) is 0 Å². The molecule has 14 heavy (non-hydrogen) atoms. The Kier molecular flexibility index (Phi) is 3.54. The zero-order valence-corrected chi connectivity index (χ0v) is 7.88. The summed E-state index contributed by atoms with van der Waals surface area (Å²) in [6.45, 7) is 2.13. The first-order chi connectivity index (χ1) is 6.79. The smallest absolute Gasteiger partial charge is 0.0771 e. The van der Waals surface area contributed by atoms with Crippen LogP contribution in [0.3, 0.4) is 0 Å². The molecule has 1 atom stereocenters. The number of aryl methyl sites for hydroxylation is 1. The van der Waals surface area contributed by atoms with Crippen molar-refractivity contribution in [2.45, 2.75) is 12.8 Å². The average molecular weight is 186 g/mol. The molecule has 1 aromatic rings. The second-order valence-corrected chi connectivity index (χ2v) is 2.95. The van der Waals surface area contributed by atoms with Crippen molar-refractivity contribution in [2.75, 3.05) is 6.54 Å².